The zero-order valence-electron chi connectivity index (χ0n) is 12.9. The van der Waals surface area contributed by atoms with Gasteiger partial charge in [-0.15, -0.1) is 0 Å². The molecule has 8 heteroatoms. The van der Waals surface area contributed by atoms with Crippen molar-refractivity contribution < 1.29 is 28.8 Å². The average molecular weight is 339 g/mol. The molecule has 1 N–H and O–H groups in total. The van der Waals surface area contributed by atoms with E-state index in [-0.39, 0.29) is 23.0 Å². The van der Waals surface area contributed by atoms with E-state index >= 15 is 0 Å². The Balaban J connectivity index is 2.12. The van der Waals surface area contributed by atoms with Crippen LogP contribution in [0.4, 0.5) is 17.6 Å². The van der Waals surface area contributed by atoms with Gasteiger partial charge in [-0.2, -0.15) is 18.3 Å². The molecular weight excluding hydrogens is 328 g/mol. The Hall–Kier alpha value is -2.90. The van der Waals surface area contributed by atoms with Crippen LogP contribution in [0.5, 0.6) is 0 Å². The van der Waals surface area contributed by atoms with E-state index in [1.54, 1.807) is 0 Å². The van der Waals surface area contributed by atoms with Crippen molar-refractivity contribution in [3.05, 3.63) is 65.1 Å². The third-order valence-corrected chi connectivity index (χ3v) is 3.41. The largest absolute Gasteiger partial charge is 0.476 e. The van der Waals surface area contributed by atoms with Gasteiger partial charge < -0.3 is 5.11 Å². The third-order valence-electron chi connectivity index (χ3n) is 3.41. The fourth-order valence-corrected chi connectivity index (χ4v) is 2.37. The number of nitrogens with zero attached hydrogens (tertiary/aromatic N) is 2. The second-order valence-corrected chi connectivity index (χ2v) is 5.08. The third kappa shape index (κ3) is 2.94. The molecule has 1 heterocycles. The number of carboxylic acid groups (broad SMARTS) is 1. The van der Waals surface area contributed by atoms with Gasteiger partial charge in [-0.05, 0) is 35.9 Å². The lowest BCUT2D eigenvalue weighted by Crippen LogP contribution is -2.08. The predicted molar refractivity (Wildman–Crippen MR) is 77.2 cm³/mol. The molecule has 0 saturated carbocycles. The van der Waals surface area contributed by atoms with Crippen LogP contribution in [0, 0.1) is 5.82 Å². The summed E-state index contributed by atoms with van der Waals surface area (Å²) >= 11 is 0. The Morgan fingerprint density at radius 3 is 2.71 bits per heavy atom. The van der Waals surface area contributed by atoms with E-state index in [0.29, 0.717) is 0 Å². The second-order valence-electron chi connectivity index (χ2n) is 5.08. The number of aromatic carboxylic acids is 1. The van der Waals surface area contributed by atoms with Crippen molar-refractivity contribution in [1.82, 2.24) is 9.78 Å². The van der Waals surface area contributed by atoms with Crippen LogP contribution < -0.4 is 0 Å². The monoisotopic (exact) mass is 339 g/mol. The average Bonchev–Trinajstić information content (AvgIpc) is 2.90. The molecule has 0 amide bonds. The van der Waals surface area contributed by atoms with Crippen LogP contribution in [0.2, 0.25) is 0 Å². The first-order valence-electron chi connectivity index (χ1n) is 7.23. The second kappa shape index (κ2) is 5.63. The number of alkyl halides is 3. The summed E-state index contributed by atoms with van der Waals surface area (Å²) in [4.78, 5) is 11.3. The Kier molecular flexibility index (Phi) is 3.44. The first-order valence-corrected chi connectivity index (χ1v) is 6.73. The van der Waals surface area contributed by atoms with Crippen LogP contribution in [0.15, 0.2) is 42.4 Å². The number of hydrogen-bond donors (Lipinski definition) is 1. The first kappa shape index (κ1) is 14.7. The van der Waals surface area contributed by atoms with E-state index in [1.165, 1.54) is 18.2 Å². The van der Waals surface area contributed by atoms with Gasteiger partial charge in [0.05, 0.1) is 19.0 Å². The van der Waals surface area contributed by atoms with Crippen molar-refractivity contribution in [2.45, 2.75) is 12.7 Å². The molecule has 2 aromatic carbocycles. The summed E-state index contributed by atoms with van der Waals surface area (Å²) in [5, 5.41) is 12.8. The number of rotatable bonds is 3. The maximum atomic E-state index is 13.6. The molecule has 4 nitrogen and oxygen atoms in total. The van der Waals surface area contributed by atoms with E-state index in [1.807, 2.05) is 0 Å². The minimum atomic E-state index is -4.51. The number of carbonyl (C=O) groups is 1. The lowest BCUT2D eigenvalue weighted by molar-refractivity contribution is -0.137. The van der Waals surface area contributed by atoms with Crippen LogP contribution in [-0.2, 0) is 12.7 Å². The number of aromatic nitrogens is 2. The highest BCUT2D eigenvalue weighted by molar-refractivity contribution is 6.01. The van der Waals surface area contributed by atoms with E-state index in [9.17, 15) is 27.5 Å². The van der Waals surface area contributed by atoms with Gasteiger partial charge in [0.15, 0.2) is 5.69 Å². The molecule has 3 aromatic rings. The zero-order chi connectivity index (χ0) is 18.4. The van der Waals surface area contributed by atoms with E-state index in [2.05, 4.69) is 5.10 Å². The predicted octanol–water partition coefficient (Wildman–Crippen LogP) is 3.94. The van der Waals surface area contributed by atoms with Crippen LogP contribution in [-0.4, -0.2) is 20.9 Å². The zero-order valence-corrected chi connectivity index (χ0v) is 11.9. The van der Waals surface area contributed by atoms with Gasteiger partial charge in [0.1, 0.15) is 5.82 Å². The molecule has 0 spiro atoms. The van der Waals surface area contributed by atoms with Gasteiger partial charge in [0.2, 0.25) is 0 Å². The summed E-state index contributed by atoms with van der Waals surface area (Å²) in [6.45, 7) is -0.154. The van der Waals surface area contributed by atoms with E-state index in [0.717, 1.165) is 22.9 Å². The van der Waals surface area contributed by atoms with Gasteiger partial charge in [0, 0.05) is 5.39 Å². The Bertz CT molecular complexity index is 982. The van der Waals surface area contributed by atoms with Crippen LogP contribution >= 0.6 is 0 Å². The Morgan fingerprint density at radius 2 is 2.04 bits per heavy atom. The Labute approximate surface area is 134 Å². The van der Waals surface area contributed by atoms with Gasteiger partial charge in [0.25, 0.3) is 0 Å². The molecule has 0 aliphatic rings. The molecule has 0 saturated heterocycles. The molecule has 0 aliphatic heterocycles. The van der Waals surface area contributed by atoms with Crippen LogP contribution in [0.25, 0.3) is 10.9 Å². The quantitative estimate of drug-likeness (QED) is 0.736. The molecule has 0 atom stereocenters. The number of fused-ring (bicyclic) bond motifs is 1. The van der Waals surface area contributed by atoms with Crippen LogP contribution in [0.1, 0.15) is 23.0 Å². The maximum Gasteiger partial charge on any atom is 0.416 e. The molecule has 0 aliphatic carbocycles. The summed E-state index contributed by atoms with van der Waals surface area (Å²) in [5.74, 6) is -2.36. The van der Waals surface area contributed by atoms with Crippen molar-refractivity contribution in [3.8, 4) is 0 Å². The first-order chi connectivity index (χ1) is 11.7. The van der Waals surface area contributed by atoms with E-state index in [4.69, 9.17) is 1.37 Å². The molecule has 1 aromatic heterocycles. The number of hydrogen-bond acceptors (Lipinski definition) is 2. The smallest absolute Gasteiger partial charge is 0.416 e. The van der Waals surface area contributed by atoms with Crippen molar-refractivity contribution in [2.75, 3.05) is 0 Å². The Morgan fingerprint density at radius 1 is 1.29 bits per heavy atom. The van der Waals surface area contributed by atoms with Crippen LogP contribution in [0.3, 0.4) is 0 Å². The molecule has 0 bridgehead atoms. The number of halogens is 4. The normalized spacial score (nSPS) is 12.4. The molecule has 24 heavy (non-hydrogen) atoms. The van der Waals surface area contributed by atoms with Crippen molar-refractivity contribution in [1.29, 1.82) is 0 Å². The minimum Gasteiger partial charge on any atom is -0.476 e. The number of benzene rings is 2. The van der Waals surface area contributed by atoms with Gasteiger partial charge in [-0.25, -0.2) is 9.18 Å². The molecule has 3 rings (SSSR count). The van der Waals surface area contributed by atoms with Crippen molar-refractivity contribution in [3.63, 3.8) is 0 Å². The summed E-state index contributed by atoms with van der Waals surface area (Å²) < 4.78 is 60.8. The fourth-order valence-electron chi connectivity index (χ4n) is 2.37. The lowest BCUT2D eigenvalue weighted by Gasteiger charge is -2.09. The van der Waals surface area contributed by atoms with Crippen molar-refractivity contribution in [2.24, 2.45) is 0 Å². The number of carboxylic acids is 1. The topological polar surface area (TPSA) is 55.1 Å². The summed E-state index contributed by atoms with van der Waals surface area (Å²) in [5.41, 5.74) is -0.966. The standard InChI is InChI=1S/C16H10F4N2O2/c17-11-4-5-13-12(7-11)14(15(23)24)21-22(13)8-9-2-1-3-10(6-9)16(18,19)20/h1-7H,8H2,(H,23,24)/i7D. The maximum absolute atomic E-state index is 13.6. The van der Waals surface area contributed by atoms with Gasteiger partial charge in [-0.3, -0.25) is 4.68 Å². The van der Waals surface area contributed by atoms with E-state index < -0.39 is 35.3 Å². The van der Waals surface area contributed by atoms with Gasteiger partial charge >= 0.3 is 12.1 Å². The summed E-state index contributed by atoms with van der Waals surface area (Å²) in [7, 11) is 0. The fraction of sp³-hybridized carbons (Fsp3) is 0.125. The van der Waals surface area contributed by atoms with Crippen molar-refractivity contribution >= 4 is 16.9 Å². The molecule has 0 unspecified atom stereocenters. The molecule has 0 fully saturated rings. The molecular formula is C16H10F4N2O2. The highest BCUT2D eigenvalue weighted by Crippen LogP contribution is 2.30. The molecule has 124 valence electrons. The minimum absolute atomic E-state index is 0.154. The summed E-state index contributed by atoms with van der Waals surface area (Å²) in [6, 6.07) is 6.14. The molecule has 0 radical (unpaired) electrons. The SMILES string of the molecule is [2H]c1c(F)ccc2c1c(C(=O)O)nn2Cc1cccc(C(F)(F)F)c1. The highest BCUT2D eigenvalue weighted by atomic mass is 19.4. The lowest BCUT2D eigenvalue weighted by atomic mass is 10.1. The highest BCUT2D eigenvalue weighted by Gasteiger charge is 2.30. The summed E-state index contributed by atoms with van der Waals surface area (Å²) in [6.07, 6.45) is -4.51. The van der Waals surface area contributed by atoms with Gasteiger partial charge in [-0.1, -0.05) is 12.1 Å².